The van der Waals surface area contributed by atoms with Gasteiger partial charge in [0.25, 0.3) is 5.91 Å². The molecular formula is C28H36N4O7. The van der Waals surface area contributed by atoms with Crippen molar-refractivity contribution in [2.24, 2.45) is 17.6 Å². The predicted molar refractivity (Wildman–Crippen MR) is 143 cm³/mol. The Morgan fingerprint density at radius 3 is 2.36 bits per heavy atom. The third-order valence-electron chi connectivity index (χ3n) is 9.05. The number of anilines is 1. The molecule has 6 N–H and O–H groups in total. The number of Topliss-reactive ketones (excluding diaryl/α,β-unsaturated/α-hetero) is 2. The lowest BCUT2D eigenvalue weighted by atomic mass is 9.58. The number of benzene rings is 1. The number of likely N-dealkylation sites (tertiary alicyclic amines) is 1. The number of aliphatic hydroxyl groups is 3. The molecule has 1 unspecified atom stereocenters. The molecule has 210 valence electrons. The highest BCUT2D eigenvalue weighted by molar-refractivity contribution is 6.24. The van der Waals surface area contributed by atoms with E-state index in [2.05, 4.69) is 4.90 Å². The summed E-state index contributed by atoms with van der Waals surface area (Å²) < 4.78 is 0. The van der Waals surface area contributed by atoms with E-state index in [0.717, 1.165) is 30.6 Å². The standard InChI is InChI=1S/C28H36N4O7/c1-30(2)21-13(16-7-6-8-32(16)5)11-17(33)19-14(21)9-12-10-15-22(31(3)4)24(35)20(27(29)38)26(37)28(15,39)25(36)18(12)23(19)34/h11-12,15-16,22,33,35-36,39H,6-10H2,1-5H3,(H2,29,38)/t12-,15-,16?,22-,28-/m0/s1. The maximum Gasteiger partial charge on any atom is 0.255 e. The van der Waals surface area contributed by atoms with Gasteiger partial charge in [0.15, 0.2) is 11.4 Å². The van der Waals surface area contributed by atoms with Crippen LogP contribution in [-0.2, 0) is 16.0 Å². The summed E-state index contributed by atoms with van der Waals surface area (Å²) in [6.07, 6.45) is 2.25. The molecule has 11 nitrogen and oxygen atoms in total. The summed E-state index contributed by atoms with van der Waals surface area (Å²) in [5.41, 5.74) is 4.20. The number of allylic oxidation sites excluding steroid dienone is 1. The van der Waals surface area contributed by atoms with Gasteiger partial charge < -0.3 is 31.1 Å². The Morgan fingerprint density at radius 2 is 1.82 bits per heavy atom. The maximum absolute atomic E-state index is 14.0. The van der Waals surface area contributed by atoms with E-state index in [-0.39, 0.29) is 35.8 Å². The van der Waals surface area contributed by atoms with Gasteiger partial charge in [-0.15, -0.1) is 0 Å². The molecule has 5 atom stereocenters. The van der Waals surface area contributed by atoms with Gasteiger partial charge in [-0.3, -0.25) is 24.2 Å². The Labute approximate surface area is 226 Å². The monoisotopic (exact) mass is 540 g/mol. The molecule has 0 spiro atoms. The van der Waals surface area contributed by atoms with Crippen molar-refractivity contribution in [3.05, 3.63) is 45.4 Å². The van der Waals surface area contributed by atoms with Crippen LogP contribution in [0.1, 0.15) is 46.8 Å². The van der Waals surface area contributed by atoms with Crippen LogP contribution in [0.25, 0.3) is 0 Å². The Morgan fingerprint density at radius 1 is 1.15 bits per heavy atom. The van der Waals surface area contributed by atoms with E-state index in [0.29, 0.717) is 5.56 Å². The number of nitrogens with two attached hydrogens (primary N) is 1. The molecule has 11 heteroatoms. The highest BCUT2D eigenvalue weighted by Gasteiger charge is 2.63. The number of fused-ring (bicyclic) bond motifs is 3. The lowest BCUT2D eigenvalue weighted by Gasteiger charge is -2.50. The molecule has 3 aliphatic carbocycles. The van der Waals surface area contributed by atoms with Gasteiger partial charge in [0.05, 0.1) is 11.6 Å². The third-order valence-corrected chi connectivity index (χ3v) is 9.05. The SMILES string of the molecule is CN(C)c1c(C2CCCN2C)cc(O)c2c1C[C@H]1C[C@H]3[C@H](N(C)C)C(O)=C(C(N)=O)C(=O)[C@@]3(O)C(O)=C1C2=O. The first-order valence-corrected chi connectivity index (χ1v) is 13.1. The molecule has 0 saturated carbocycles. The molecule has 5 rings (SSSR count). The van der Waals surface area contributed by atoms with Gasteiger partial charge >= 0.3 is 0 Å². The van der Waals surface area contributed by atoms with Crippen LogP contribution in [0.2, 0.25) is 0 Å². The summed E-state index contributed by atoms with van der Waals surface area (Å²) in [7, 11) is 9.02. The predicted octanol–water partition coefficient (Wildman–Crippen LogP) is 0.953. The number of aliphatic hydroxyl groups excluding tert-OH is 2. The smallest absolute Gasteiger partial charge is 0.255 e. The fourth-order valence-electron chi connectivity index (χ4n) is 7.42. The second-order valence-electron chi connectivity index (χ2n) is 11.7. The van der Waals surface area contributed by atoms with Crippen molar-refractivity contribution in [3.63, 3.8) is 0 Å². The number of aromatic hydroxyl groups is 1. The second-order valence-corrected chi connectivity index (χ2v) is 11.7. The van der Waals surface area contributed by atoms with E-state index in [9.17, 15) is 34.8 Å². The lowest BCUT2D eigenvalue weighted by Crippen LogP contribution is -2.63. The number of carbonyl (C=O) groups is 3. The van der Waals surface area contributed by atoms with Gasteiger partial charge in [-0.2, -0.15) is 0 Å². The number of carbonyl (C=O) groups excluding carboxylic acids is 3. The number of rotatable bonds is 4. The van der Waals surface area contributed by atoms with E-state index in [1.54, 1.807) is 25.1 Å². The topological polar surface area (TPSA) is 168 Å². The Hall–Kier alpha value is -3.41. The van der Waals surface area contributed by atoms with E-state index in [4.69, 9.17) is 5.73 Å². The fourth-order valence-corrected chi connectivity index (χ4v) is 7.42. The van der Waals surface area contributed by atoms with Gasteiger partial charge in [-0.05, 0) is 76.5 Å². The van der Waals surface area contributed by atoms with E-state index in [1.165, 1.54) is 0 Å². The minimum atomic E-state index is -2.64. The summed E-state index contributed by atoms with van der Waals surface area (Å²) in [5, 5.41) is 45.3. The number of hydrogen-bond acceptors (Lipinski definition) is 10. The summed E-state index contributed by atoms with van der Waals surface area (Å²) >= 11 is 0. The van der Waals surface area contributed by atoms with Crippen molar-refractivity contribution >= 4 is 23.2 Å². The van der Waals surface area contributed by atoms with Crippen LogP contribution in [-0.4, -0.2) is 101 Å². The van der Waals surface area contributed by atoms with Crippen molar-refractivity contribution < 1.29 is 34.8 Å². The number of phenolic OH excluding ortho intramolecular Hbond substituents is 1. The molecule has 1 saturated heterocycles. The molecule has 1 aromatic rings. The normalized spacial score (nSPS) is 30.9. The minimum Gasteiger partial charge on any atom is -0.510 e. The van der Waals surface area contributed by atoms with Crippen molar-refractivity contribution in [2.45, 2.75) is 43.4 Å². The fraction of sp³-hybridized carbons (Fsp3) is 0.536. The molecule has 1 aliphatic heterocycles. The van der Waals surface area contributed by atoms with Crippen LogP contribution < -0.4 is 10.6 Å². The molecule has 1 heterocycles. The highest BCUT2D eigenvalue weighted by atomic mass is 16.3. The number of amides is 1. The number of primary amides is 1. The number of phenols is 1. The molecular weight excluding hydrogens is 504 g/mol. The van der Waals surface area contributed by atoms with Crippen molar-refractivity contribution in [1.82, 2.24) is 9.80 Å². The first-order valence-electron chi connectivity index (χ1n) is 13.1. The van der Waals surface area contributed by atoms with Crippen molar-refractivity contribution in [2.75, 3.05) is 46.7 Å². The zero-order chi connectivity index (χ0) is 28.7. The largest absolute Gasteiger partial charge is 0.510 e. The van der Waals surface area contributed by atoms with Crippen LogP contribution in [0, 0.1) is 11.8 Å². The van der Waals surface area contributed by atoms with Gasteiger partial charge in [0, 0.05) is 37.3 Å². The van der Waals surface area contributed by atoms with E-state index < -0.39 is 58.0 Å². The Balaban J connectivity index is 1.73. The van der Waals surface area contributed by atoms with Gasteiger partial charge in [0.2, 0.25) is 5.78 Å². The lowest BCUT2D eigenvalue weighted by molar-refractivity contribution is -0.148. The van der Waals surface area contributed by atoms with Crippen LogP contribution in [0.3, 0.4) is 0 Å². The summed E-state index contributed by atoms with van der Waals surface area (Å²) in [6.45, 7) is 0.919. The van der Waals surface area contributed by atoms with Crippen LogP contribution in [0.5, 0.6) is 5.75 Å². The van der Waals surface area contributed by atoms with Crippen LogP contribution in [0.4, 0.5) is 5.69 Å². The molecule has 0 radical (unpaired) electrons. The van der Waals surface area contributed by atoms with Crippen LogP contribution >= 0.6 is 0 Å². The van der Waals surface area contributed by atoms with Crippen LogP contribution in [0.15, 0.2) is 28.7 Å². The molecule has 0 aromatic heterocycles. The summed E-state index contributed by atoms with van der Waals surface area (Å²) in [4.78, 5) is 45.2. The Kier molecular flexibility index (Phi) is 6.32. The number of likely N-dealkylation sites (N-methyl/N-ethyl adjacent to an activating group) is 1. The zero-order valence-corrected chi connectivity index (χ0v) is 22.9. The third kappa shape index (κ3) is 3.63. The number of nitrogens with zero attached hydrogens (tertiary/aromatic N) is 3. The number of ketones is 2. The number of hydrogen-bond donors (Lipinski definition) is 5. The molecule has 4 aliphatic rings. The quantitative estimate of drug-likeness (QED) is 0.347. The van der Waals surface area contributed by atoms with Gasteiger partial charge in [-0.25, -0.2) is 0 Å². The summed E-state index contributed by atoms with van der Waals surface area (Å²) in [5.74, 6) is -6.47. The summed E-state index contributed by atoms with van der Waals surface area (Å²) in [6, 6.07) is 0.658. The zero-order valence-electron chi connectivity index (χ0n) is 22.9. The average Bonchev–Trinajstić information content (AvgIpc) is 3.26. The molecule has 1 fully saturated rings. The van der Waals surface area contributed by atoms with Crippen molar-refractivity contribution in [3.8, 4) is 5.75 Å². The minimum absolute atomic E-state index is 0.0314. The molecule has 0 bridgehead atoms. The van der Waals surface area contributed by atoms with Gasteiger partial charge in [0.1, 0.15) is 22.8 Å². The first kappa shape index (κ1) is 27.2. The molecule has 1 aromatic carbocycles. The Bertz CT molecular complexity index is 1360. The molecule has 1 amide bonds. The maximum atomic E-state index is 14.0. The van der Waals surface area contributed by atoms with Crippen molar-refractivity contribution in [1.29, 1.82) is 0 Å². The van der Waals surface area contributed by atoms with E-state index in [1.807, 2.05) is 26.0 Å². The van der Waals surface area contributed by atoms with Gasteiger partial charge in [-0.1, -0.05) is 0 Å². The molecule has 39 heavy (non-hydrogen) atoms. The van der Waals surface area contributed by atoms with E-state index >= 15 is 0 Å². The average molecular weight is 541 g/mol. The second kappa shape index (κ2) is 9.07. The first-order chi connectivity index (χ1) is 18.2. The highest BCUT2D eigenvalue weighted by Crippen LogP contribution is 2.54.